The van der Waals surface area contributed by atoms with Gasteiger partial charge in [-0.05, 0) is 43.0 Å². The number of halogens is 2. The van der Waals surface area contributed by atoms with Crippen molar-refractivity contribution < 1.29 is 4.79 Å². The van der Waals surface area contributed by atoms with Gasteiger partial charge in [-0.2, -0.15) is 0 Å². The minimum Gasteiger partial charge on any atom is -0.339 e. The van der Waals surface area contributed by atoms with Crippen molar-refractivity contribution in [3.05, 3.63) is 57.8 Å². The first-order valence-electron chi connectivity index (χ1n) is 7.95. The van der Waals surface area contributed by atoms with Crippen molar-refractivity contribution in [2.24, 2.45) is 0 Å². The lowest BCUT2D eigenvalue weighted by Crippen LogP contribution is -2.35. The zero-order chi connectivity index (χ0) is 16.9. The van der Waals surface area contributed by atoms with Crippen LogP contribution >= 0.6 is 35.0 Å². The molecule has 0 spiro atoms. The molecule has 1 fully saturated rings. The Bertz CT molecular complexity index is 712. The fourth-order valence-electron chi connectivity index (χ4n) is 2.74. The van der Waals surface area contributed by atoms with Crippen molar-refractivity contribution in [3.63, 3.8) is 0 Å². The molecule has 1 aliphatic heterocycles. The summed E-state index contributed by atoms with van der Waals surface area (Å²) in [5.74, 6) is 0.738. The molecule has 2 heterocycles. The van der Waals surface area contributed by atoms with E-state index in [2.05, 4.69) is 4.98 Å². The molecule has 0 radical (unpaired) electrons. The fourth-order valence-corrected chi connectivity index (χ4v) is 4.34. The number of carbonyl (C=O) groups excluding carboxylic acids is 1. The smallest absolute Gasteiger partial charge is 0.255 e. The zero-order valence-electron chi connectivity index (χ0n) is 13.2. The summed E-state index contributed by atoms with van der Waals surface area (Å²) in [6.45, 7) is 1.68. The highest BCUT2D eigenvalue weighted by Gasteiger charge is 2.18. The molecule has 6 heteroatoms. The van der Waals surface area contributed by atoms with Crippen molar-refractivity contribution in [2.75, 3.05) is 13.1 Å². The topological polar surface area (TPSA) is 33.2 Å². The second kappa shape index (κ2) is 8.24. The van der Waals surface area contributed by atoms with E-state index in [1.807, 2.05) is 29.2 Å². The quantitative estimate of drug-likeness (QED) is 0.674. The van der Waals surface area contributed by atoms with Gasteiger partial charge in [-0.3, -0.25) is 9.78 Å². The summed E-state index contributed by atoms with van der Waals surface area (Å²) in [6, 6.07) is 7.39. The molecule has 3 rings (SSSR count). The maximum atomic E-state index is 12.6. The van der Waals surface area contributed by atoms with E-state index >= 15 is 0 Å². The van der Waals surface area contributed by atoms with Gasteiger partial charge >= 0.3 is 0 Å². The molecule has 0 bridgehead atoms. The third-order valence-electron chi connectivity index (χ3n) is 3.99. The highest BCUT2D eigenvalue weighted by Crippen LogP contribution is 2.35. The SMILES string of the molecule is O=C(c1cncc(CSc2c(Cl)cccc2Cl)c1)N1CCCCC1. The molecule has 0 saturated carbocycles. The molecular weight excluding hydrogens is 363 g/mol. The summed E-state index contributed by atoms with van der Waals surface area (Å²) < 4.78 is 0. The second-order valence-corrected chi connectivity index (χ2v) is 7.57. The van der Waals surface area contributed by atoms with Gasteiger partial charge < -0.3 is 4.90 Å². The molecule has 1 amide bonds. The maximum Gasteiger partial charge on any atom is 0.255 e. The van der Waals surface area contributed by atoms with Crippen LogP contribution in [0.4, 0.5) is 0 Å². The van der Waals surface area contributed by atoms with Gasteiger partial charge in [0.15, 0.2) is 0 Å². The molecule has 24 heavy (non-hydrogen) atoms. The van der Waals surface area contributed by atoms with Crippen LogP contribution in [0.5, 0.6) is 0 Å². The van der Waals surface area contributed by atoms with E-state index in [9.17, 15) is 4.79 Å². The van der Waals surface area contributed by atoms with E-state index in [0.29, 0.717) is 21.4 Å². The maximum absolute atomic E-state index is 12.6. The second-order valence-electron chi connectivity index (χ2n) is 5.77. The molecule has 0 N–H and O–H groups in total. The Morgan fingerprint density at radius 2 is 1.83 bits per heavy atom. The number of thioether (sulfide) groups is 1. The van der Waals surface area contributed by atoms with E-state index in [0.717, 1.165) is 36.4 Å². The van der Waals surface area contributed by atoms with Gasteiger partial charge in [0.1, 0.15) is 0 Å². The van der Waals surface area contributed by atoms with Crippen LogP contribution in [0.1, 0.15) is 35.2 Å². The highest BCUT2D eigenvalue weighted by atomic mass is 35.5. The number of aromatic nitrogens is 1. The van der Waals surface area contributed by atoms with Gasteiger partial charge in [-0.25, -0.2) is 0 Å². The van der Waals surface area contributed by atoms with E-state index in [4.69, 9.17) is 23.2 Å². The van der Waals surface area contributed by atoms with Gasteiger partial charge in [0, 0.05) is 36.1 Å². The van der Waals surface area contributed by atoms with E-state index in [1.54, 1.807) is 24.2 Å². The first kappa shape index (κ1) is 17.6. The Labute approximate surface area is 156 Å². The lowest BCUT2D eigenvalue weighted by Gasteiger charge is -2.26. The first-order chi connectivity index (χ1) is 11.6. The van der Waals surface area contributed by atoms with Crippen LogP contribution in [0.25, 0.3) is 0 Å². The van der Waals surface area contributed by atoms with Crippen molar-refractivity contribution in [3.8, 4) is 0 Å². The molecule has 1 aromatic heterocycles. The Balaban J connectivity index is 1.70. The molecule has 126 valence electrons. The van der Waals surface area contributed by atoms with Crippen molar-refractivity contribution in [1.29, 1.82) is 0 Å². The predicted octanol–water partition coefficient (Wildman–Crippen LogP) is 5.31. The van der Waals surface area contributed by atoms with Gasteiger partial charge in [-0.15, -0.1) is 11.8 Å². The van der Waals surface area contributed by atoms with Crippen molar-refractivity contribution >= 4 is 40.9 Å². The number of hydrogen-bond donors (Lipinski definition) is 0. The van der Waals surface area contributed by atoms with Crippen LogP contribution in [-0.4, -0.2) is 28.9 Å². The largest absolute Gasteiger partial charge is 0.339 e. The standard InChI is InChI=1S/C18H18Cl2N2OS/c19-15-5-4-6-16(20)17(15)24-12-13-9-14(11-21-10-13)18(23)22-7-2-1-3-8-22/h4-6,9-11H,1-3,7-8,12H2. The molecule has 2 aromatic rings. The third-order valence-corrected chi connectivity index (χ3v) is 6.05. The summed E-state index contributed by atoms with van der Waals surface area (Å²) in [6.07, 6.45) is 6.80. The van der Waals surface area contributed by atoms with Crippen molar-refractivity contribution in [1.82, 2.24) is 9.88 Å². The molecule has 0 aliphatic carbocycles. The van der Waals surface area contributed by atoms with Crippen LogP contribution in [0.15, 0.2) is 41.6 Å². The number of carbonyl (C=O) groups is 1. The summed E-state index contributed by atoms with van der Waals surface area (Å²) >= 11 is 13.9. The zero-order valence-corrected chi connectivity index (χ0v) is 15.5. The molecule has 0 atom stereocenters. The number of likely N-dealkylation sites (tertiary alicyclic amines) is 1. The third kappa shape index (κ3) is 4.24. The number of amides is 1. The van der Waals surface area contributed by atoms with Gasteiger partial charge in [-0.1, -0.05) is 29.3 Å². The summed E-state index contributed by atoms with van der Waals surface area (Å²) in [5, 5.41) is 1.28. The van der Waals surface area contributed by atoms with Crippen LogP contribution < -0.4 is 0 Å². The lowest BCUT2D eigenvalue weighted by molar-refractivity contribution is 0.0724. The summed E-state index contributed by atoms with van der Waals surface area (Å²) in [5.41, 5.74) is 1.64. The average molecular weight is 381 g/mol. The Morgan fingerprint density at radius 1 is 1.12 bits per heavy atom. The van der Waals surface area contributed by atoms with Crippen LogP contribution in [0.2, 0.25) is 10.0 Å². The summed E-state index contributed by atoms with van der Waals surface area (Å²) in [7, 11) is 0. The lowest BCUT2D eigenvalue weighted by atomic mass is 10.1. The van der Waals surface area contributed by atoms with Crippen molar-refractivity contribution in [2.45, 2.75) is 29.9 Å². The number of pyridine rings is 1. The van der Waals surface area contributed by atoms with E-state index in [1.165, 1.54) is 6.42 Å². The average Bonchev–Trinajstić information content (AvgIpc) is 2.62. The van der Waals surface area contributed by atoms with Crippen LogP contribution in [-0.2, 0) is 5.75 Å². The molecule has 1 saturated heterocycles. The Hall–Kier alpha value is -1.23. The normalized spacial score (nSPS) is 14.7. The molecular formula is C18H18Cl2N2OS. The highest BCUT2D eigenvalue weighted by molar-refractivity contribution is 7.98. The van der Waals surface area contributed by atoms with Gasteiger partial charge in [0.25, 0.3) is 5.91 Å². The summed E-state index contributed by atoms with van der Waals surface area (Å²) in [4.78, 5) is 19.6. The minimum atomic E-state index is 0.0739. The number of rotatable bonds is 4. The fraction of sp³-hybridized carbons (Fsp3) is 0.333. The predicted molar refractivity (Wildman–Crippen MR) is 100 cm³/mol. The molecule has 1 aromatic carbocycles. The number of nitrogens with zero attached hydrogens (tertiary/aromatic N) is 2. The number of benzene rings is 1. The van der Waals surface area contributed by atoms with Gasteiger partial charge in [0.2, 0.25) is 0 Å². The molecule has 0 unspecified atom stereocenters. The molecule has 3 nitrogen and oxygen atoms in total. The minimum absolute atomic E-state index is 0.0739. The van der Waals surface area contributed by atoms with Crippen LogP contribution in [0.3, 0.4) is 0 Å². The number of hydrogen-bond acceptors (Lipinski definition) is 3. The number of piperidine rings is 1. The van der Waals surface area contributed by atoms with Crippen LogP contribution in [0, 0.1) is 0 Å². The Kier molecular flexibility index (Phi) is 6.04. The van der Waals surface area contributed by atoms with E-state index in [-0.39, 0.29) is 5.91 Å². The molecule has 1 aliphatic rings. The Morgan fingerprint density at radius 3 is 2.54 bits per heavy atom. The first-order valence-corrected chi connectivity index (χ1v) is 9.69. The van der Waals surface area contributed by atoms with Gasteiger partial charge in [0.05, 0.1) is 15.6 Å². The van der Waals surface area contributed by atoms with E-state index < -0.39 is 0 Å². The monoisotopic (exact) mass is 380 g/mol.